The summed E-state index contributed by atoms with van der Waals surface area (Å²) in [6.07, 6.45) is -0.801. The molecule has 9 nitrogen and oxygen atoms in total. The highest BCUT2D eigenvalue weighted by atomic mass is 16.6. The number of hydrazine groups is 1. The molecule has 2 N–H and O–H groups in total. The molecule has 1 saturated heterocycles. The molecule has 9 heteroatoms. The van der Waals surface area contributed by atoms with E-state index < -0.39 is 23.6 Å². The first kappa shape index (κ1) is 21.2. The molecule has 1 fully saturated rings. The monoisotopic (exact) mass is 359 g/mol. The molecule has 0 spiro atoms. The number of rotatable bonds is 7. The molecule has 0 aliphatic carbocycles. The Labute approximate surface area is 148 Å². The van der Waals surface area contributed by atoms with Crippen molar-refractivity contribution in [1.82, 2.24) is 15.3 Å². The van der Waals surface area contributed by atoms with Crippen molar-refractivity contribution in [1.29, 1.82) is 0 Å². The van der Waals surface area contributed by atoms with Crippen molar-refractivity contribution in [3.63, 3.8) is 0 Å². The van der Waals surface area contributed by atoms with Crippen LogP contribution in [0, 0.1) is 0 Å². The number of esters is 1. The van der Waals surface area contributed by atoms with E-state index in [1.165, 1.54) is 0 Å². The Balaban J connectivity index is 2.25. The predicted molar refractivity (Wildman–Crippen MR) is 89.8 cm³/mol. The SMILES string of the molecule is C[C@H]1CN(CCOC(=O)CCC(=O)O)CCN1NC(=O)OC(C)(C)C. The van der Waals surface area contributed by atoms with Gasteiger partial charge in [0.25, 0.3) is 0 Å². The number of hydrogen-bond donors (Lipinski definition) is 2. The number of nitrogens with one attached hydrogen (secondary N) is 1. The number of ether oxygens (including phenoxy) is 2. The largest absolute Gasteiger partial charge is 0.481 e. The van der Waals surface area contributed by atoms with Gasteiger partial charge in [0.15, 0.2) is 0 Å². The maximum atomic E-state index is 11.8. The number of aliphatic carboxylic acids is 1. The van der Waals surface area contributed by atoms with E-state index in [0.717, 1.165) is 0 Å². The molecule has 0 bridgehead atoms. The summed E-state index contributed by atoms with van der Waals surface area (Å²) >= 11 is 0. The van der Waals surface area contributed by atoms with Crippen molar-refractivity contribution in [3.8, 4) is 0 Å². The molecule has 0 radical (unpaired) electrons. The van der Waals surface area contributed by atoms with Gasteiger partial charge >= 0.3 is 18.0 Å². The molecule has 1 rings (SSSR count). The van der Waals surface area contributed by atoms with Gasteiger partial charge in [0, 0.05) is 32.2 Å². The van der Waals surface area contributed by atoms with Crippen LogP contribution in [-0.2, 0) is 19.1 Å². The van der Waals surface area contributed by atoms with Crippen LogP contribution >= 0.6 is 0 Å². The Morgan fingerprint density at radius 1 is 1.20 bits per heavy atom. The summed E-state index contributed by atoms with van der Waals surface area (Å²) < 4.78 is 10.3. The summed E-state index contributed by atoms with van der Waals surface area (Å²) in [6, 6.07) is 0.0870. The Bertz CT molecular complexity index is 477. The quantitative estimate of drug-likeness (QED) is 0.644. The minimum Gasteiger partial charge on any atom is -0.481 e. The van der Waals surface area contributed by atoms with Crippen LogP contribution in [0.25, 0.3) is 0 Å². The maximum absolute atomic E-state index is 11.8. The van der Waals surface area contributed by atoms with Gasteiger partial charge in [0.05, 0.1) is 12.8 Å². The predicted octanol–water partition coefficient (Wildman–Crippen LogP) is 0.840. The van der Waals surface area contributed by atoms with Crippen molar-refractivity contribution >= 4 is 18.0 Å². The van der Waals surface area contributed by atoms with Crippen LogP contribution in [0.1, 0.15) is 40.5 Å². The molecule has 1 amide bonds. The van der Waals surface area contributed by atoms with Crippen LogP contribution in [0.15, 0.2) is 0 Å². The number of carboxylic acid groups (broad SMARTS) is 1. The molecule has 1 heterocycles. The van der Waals surface area contributed by atoms with Gasteiger partial charge in [-0.3, -0.25) is 19.9 Å². The number of carbonyl (C=O) groups is 3. The van der Waals surface area contributed by atoms with E-state index in [9.17, 15) is 14.4 Å². The van der Waals surface area contributed by atoms with Crippen molar-refractivity contribution in [2.75, 3.05) is 32.8 Å². The zero-order valence-electron chi connectivity index (χ0n) is 15.4. The molecule has 144 valence electrons. The number of carbonyl (C=O) groups excluding carboxylic acids is 2. The number of hydrogen-bond acceptors (Lipinski definition) is 7. The van der Waals surface area contributed by atoms with Gasteiger partial charge in [0.2, 0.25) is 0 Å². The molecular weight excluding hydrogens is 330 g/mol. The number of piperazine rings is 1. The minimum atomic E-state index is -1.01. The molecule has 0 unspecified atom stereocenters. The van der Waals surface area contributed by atoms with Crippen LogP contribution in [0.3, 0.4) is 0 Å². The maximum Gasteiger partial charge on any atom is 0.422 e. The van der Waals surface area contributed by atoms with Gasteiger partial charge in [-0.2, -0.15) is 0 Å². The zero-order valence-corrected chi connectivity index (χ0v) is 15.4. The standard InChI is InChI=1S/C16H29N3O6/c1-12-11-18(9-10-24-14(22)6-5-13(20)21)7-8-19(12)17-15(23)25-16(2,3)4/h12H,5-11H2,1-4H3,(H,17,23)(H,20,21)/t12-/m0/s1. The first-order chi connectivity index (χ1) is 11.6. The highest BCUT2D eigenvalue weighted by molar-refractivity contribution is 5.76. The van der Waals surface area contributed by atoms with Gasteiger partial charge in [-0.1, -0.05) is 0 Å². The average molecular weight is 359 g/mol. The fraction of sp³-hybridized carbons (Fsp3) is 0.812. The third kappa shape index (κ3) is 9.25. The lowest BCUT2D eigenvalue weighted by molar-refractivity contribution is -0.148. The second-order valence-corrected chi connectivity index (χ2v) is 7.07. The van der Waals surface area contributed by atoms with E-state index in [4.69, 9.17) is 14.6 Å². The summed E-state index contributed by atoms with van der Waals surface area (Å²) in [5.74, 6) is -1.51. The van der Waals surface area contributed by atoms with E-state index in [-0.39, 0.29) is 25.5 Å². The molecule has 0 saturated carbocycles. The Morgan fingerprint density at radius 2 is 1.88 bits per heavy atom. The van der Waals surface area contributed by atoms with Crippen molar-refractivity contribution < 1.29 is 29.0 Å². The second kappa shape index (κ2) is 9.57. The van der Waals surface area contributed by atoms with E-state index in [2.05, 4.69) is 10.3 Å². The van der Waals surface area contributed by atoms with Crippen molar-refractivity contribution in [2.45, 2.75) is 52.2 Å². The molecule has 0 aromatic carbocycles. The third-order valence-electron chi connectivity index (χ3n) is 3.56. The Kier molecular flexibility index (Phi) is 8.11. The fourth-order valence-corrected chi connectivity index (χ4v) is 2.39. The summed E-state index contributed by atoms with van der Waals surface area (Å²) in [5, 5.41) is 10.3. The van der Waals surface area contributed by atoms with Crippen LogP contribution in [-0.4, -0.2) is 77.5 Å². The normalized spacial score (nSPS) is 19.3. The third-order valence-corrected chi connectivity index (χ3v) is 3.56. The summed E-state index contributed by atoms with van der Waals surface area (Å²) in [4.78, 5) is 35.7. The zero-order chi connectivity index (χ0) is 19.0. The lowest BCUT2D eigenvalue weighted by Crippen LogP contribution is -2.59. The molecule has 1 aliphatic heterocycles. The van der Waals surface area contributed by atoms with Crippen molar-refractivity contribution in [3.05, 3.63) is 0 Å². The number of nitrogens with zero attached hydrogens (tertiary/aromatic N) is 2. The van der Waals surface area contributed by atoms with Crippen LogP contribution in [0.2, 0.25) is 0 Å². The first-order valence-electron chi connectivity index (χ1n) is 8.43. The van der Waals surface area contributed by atoms with E-state index in [1.54, 1.807) is 0 Å². The summed E-state index contributed by atoms with van der Waals surface area (Å²) in [6.45, 7) is 10.3. The molecule has 0 aromatic heterocycles. The van der Waals surface area contributed by atoms with Crippen LogP contribution in [0.5, 0.6) is 0 Å². The molecular formula is C16H29N3O6. The van der Waals surface area contributed by atoms with Gasteiger partial charge in [-0.25, -0.2) is 9.80 Å². The van der Waals surface area contributed by atoms with E-state index in [1.807, 2.05) is 32.7 Å². The summed E-state index contributed by atoms with van der Waals surface area (Å²) in [5.41, 5.74) is 2.21. The first-order valence-corrected chi connectivity index (χ1v) is 8.43. The lowest BCUT2D eigenvalue weighted by Gasteiger charge is -2.39. The lowest BCUT2D eigenvalue weighted by atomic mass is 10.2. The van der Waals surface area contributed by atoms with Gasteiger partial charge < -0.3 is 14.6 Å². The van der Waals surface area contributed by atoms with Gasteiger partial charge in [0.1, 0.15) is 12.2 Å². The average Bonchev–Trinajstić information content (AvgIpc) is 2.46. The topological polar surface area (TPSA) is 108 Å². The number of carboxylic acids is 1. The highest BCUT2D eigenvalue weighted by Crippen LogP contribution is 2.10. The molecule has 1 aliphatic rings. The smallest absolute Gasteiger partial charge is 0.422 e. The highest BCUT2D eigenvalue weighted by Gasteiger charge is 2.26. The van der Waals surface area contributed by atoms with E-state index >= 15 is 0 Å². The van der Waals surface area contributed by atoms with Crippen LogP contribution < -0.4 is 5.43 Å². The molecule has 0 aromatic rings. The Morgan fingerprint density at radius 3 is 2.44 bits per heavy atom. The Hall–Kier alpha value is -1.87. The number of amides is 1. The second-order valence-electron chi connectivity index (χ2n) is 7.07. The molecule has 1 atom stereocenters. The van der Waals surface area contributed by atoms with E-state index in [0.29, 0.717) is 26.2 Å². The summed E-state index contributed by atoms with van der Waals surface area (Å²) in [7, 11) is 0. The van der Waals surface area contributed by atoms with Gasteiger partial charge in [-0.05, 0) is 27.7 Å². The minimum absolute atomic E-state index is 0.0870. The molecule has 25 heavy (non-hydrogen) atoms. The van der Waals surface area contributed by atoms with Crippen molar-refractivity contribution in [2.24, 2.45) is 0 Å². The van der Waals surface area contributed by atoms with Crippen LogP contribution in [0.4, 0.5) is 4.79 Å². The fourth-order valence-electron chi connectivity index (χ4n) is 2.39. The van der Waals surface area contributed by atoms with Gasteiger partial charge in [-0.15, -0.1) is 0 Å².